The highest BCUT2D eigenvalue weighted by molar-refractivity contribution is 7.99. The summed E-state index contributed by atoms with van der Waals surface area (Å²) in [6.45, 7) is 1.92. The van der Waals surface area contributed by atoms with Gasteiger partial charge >= 0.3 is 0 Å². The first-order chi connectivity index (χ1) is 16.0. The normalized spacial score (nSPS) is 14.1. The summed E-state index contributed by atoms with van der Waals surface area (Å²) in [6, 6.07) is 9.30. The number of aryl methyl sites for hydroxylation is 1. The molecule has 0 atom stereocenters. The van der Waals surface area contributed by atoms with Gasteiger partial charge in [-0.2, -0.15) is 0 Å². The number of pyridine rings is 1. The third-order valence-electron chi connectivity index (χ3n) is 5.85. The maximum Gasteiger partial charge on any atom is 0.234 e. The molecule has 1 aromatic carbocycles. The monoisotopic (exact) mass is 464 g/mol. The quantitative estimate of drug-likeness (QED) is 0.502. The highest BCUT2D eigenvalue weighted by Crippen LogP contribution is 2.27. The van der Waals surface area contributed by atoms with Crippen molar-refractivity contribution in [3.05, 3.63) is 48.3 Å². The summed E-state index contributed by atoms with van der Waals surface area (Å²) in [5.74, 6) is 1.01. The molecule has 3 aromatic rings. The van der Waals surface area contributed by atoms with Crippen LogP contribution >= 0.6 is 11.8 Å². The van der Waals surface area contributed by atoms with Gasteiger partial charge in [-0.1, -0.05) is 31.0 Å². The van der Waals surface area contributed by atoms with Crippen molar-refractivity contribution in [3.63, 3.8) is 0 Å². The SMILES string of the molecule is Cc1cc(NC(=O)C2CCCCC2)ccc1NC(=O)CSc1nnc(-c2ccncc2)n1C. The molecule has 172 valence electrons. The van der Waals surface area contributed by atoms with Crippen LogP contribution in [0.4, 0.5) is 11.4 Å². The molecule has 1 fully saturated rings. The van der Waals surface area contributed by atoms with Crippen molar-refractivity contribution in [2.24, 2.45) is 13.0 Å². The molecule has 2 heterocycles. The summed E-state index contributed by atoms with van der Waals surface area (Å²) in [4.78, 5) is 29.0. The van der Waals surface area contributed by atoms with Crippen LogP contribution in [0.1, 0.15) is 37.7 Å². The topological polar surface area (TPSA) is 102 Å². The smallest absolute Gasteiger partial charge is 0.234 e. The van der Waals surface area contributed by atoms with E-state index in [1.54, 1.807) is 12.4 Å². The molecule has 4 rings (SSSR count). The second kappa shape index (κ2) is 10.6. The predicted octanol–water partition coefficient (Wildman–Crippen LogP) is 4.44. The van der Waals surface area contributed by atoms with Crippen LogP contribution in [-0.4, -0.2) is 37.3 Å². The fourth-order valence-corrected chi connectivity index (χ4v) is 4.71. The number of nitrogens with one attached hydrogen (secondary N) is 2. The van der Waals surface area contributed by atoms with Crippen molar-refractivity contribution >= 4 is 35.0 Å². The average Bonchev–Trinajstić information content (AvgIpc) is 3.21. The van der Waals surface area contributed by atoms with Gasteiger partial charge < -0.3 is 15.2 Å². The first-order valence-electron chi connectivity index (χ1n) is 11.1. The molecule has 0 unspecified atom stereocenters. The summed E-state index contributed by atoms with van der Waals surface area (Å²) in [6.07, 6.45) is 8.81. The molecule has 9 heteroatoms. The van der Waals surface area contributed by atoms with Crippen molar-refractivity contribution in [1.29, 1.82) is 0 Å². The number of anilines is 2. The molecule has 0 saturated heterocycles. The lowest BCUT2D eigenvalue weighted by atomic mass is 9.88. The van der Waals surface area contributed by atoms with Gasteiger partial charge in [0.25, 0.3) is 0 Å². The van der Waals surface area contributed by atoms with Crippen molar-refractivity contribution < 1.29 is 9.59 Å². The van der Waals surface area contributed by atoms with Crippen LogP contribution in [0.5, 0.6) is 0 Å². The zero-order chi connectivity index (χ0) is 23.2. The Morgan fingerprint density at radius 3 is 2.55 bits per heavy atom. The number of aromatic nitrogens is 4. The number of hydrogen-bond acceptors (Lipinski definition) is 6. The minimum Gasteiger partial charge on any atom is -0.326 e. The molecule has 2 amide bonds. The van der Waals surface area contributed by atoms with Crippen molar-refractivity contribution in [3.8, 4) is 11.4 Å². The lowest BCUT2D eigenvalue weighted by Crippen LogP contribution is -2.24. The van der Waals surface area contributed by atoms with E-state index in [1.165, 1.54) is 18.2 Å². The van der Waals surface area contributed by atoms with Crippen LogP contribution < -0.4 is 10.6 Å². The fraction of sp³-hybridized carbons (Fsp3) is 0.375. The molecule has 8 nitrogen and oxygen atoms in total. The molecule has 2 N–H and O–H groups in total. The lowest BCUT2D eigenvalue weighted by molar-refractivity contribution is -0.120. The first kappa shape index (κ1) is 23.0. The zero-order valence-corrected chi connectivity index (χ0v) is 19.7. The molecule has 1 aliphatic rings. The van der Waals surface area contributed by atoms with E-state index in [-0.39, 0.29) is 23.5 Å². The Bertz CT molecular complexity index is 1130. The van der Waals surface area contributed by atoms with Gasteiger partial charge in [0.15, 0.2) is 11.0 Å². The van der Waals surface area contributed by atoms with Crippen LogP contribution in [0.3, 0.4) is 0 Å². The average molecular weight is 465 g/mol. The zero-order valence-electron chi connectivity index (χ0n) is 18.9. The maximum absolute atomic E-state index is 12.5. The van der Waals surface area contributed by atoms with Gasteiger partial charge in [-0.05, 0) is 55.7 Å². The molecular weight excluding hydrogens is 436 g/mol. The Morgan fingerprint density at radius 2 is 1.82 bits per heavy atom. The first-order valence-corrected chi connectivity index (χ1v) is 12.1. The summed E-state index contributed by atoms with van der Waals surface area (Å²) in [5, 5.41) is 15.1. The summed E-state index contributed by atoms with van der Waals surface area (Å²) < 4.78 is 1.86. The number of thioether (sulfide) groups is 1. The van der Waals surface area contributed by atoms with Crippen LogP contribution in [0.2, 0.25) is 0 Å². The Hall–Kier alpha value is -3.20. The van der Waals surface area contributed by atoms with Crippen molar-refractivity contribution in [2.75, 3.05) is 16.4 Å². The predicted molar refractivity (Wildman–Crippen MR) is 130 cm³/mol. The van der Waals surface area contributed by atoms with Gasteiger partial charge in [0.2, 0.25) is 11.8 Å². The second-order valence-electron chi connectivity index (χ2n) is 8.29. The number of benzene rings is 1. The van der Waals surface area contributed by atoms with Gasteiger partial charge in [-0.3, -0.25) is 14.6 Å². The third kappa shape index (κ3) is 5.78. The molecule has 2 aromatic heterocycles. The van der Waals surface area contributed by atoms with Gasteiger partial charge in [0, 0.05) is 42.3 Å². The Balaban J connectivity index is 1.31. The van der Waals surface area contributed by atoms with Gasteiger partial charge in [-0.25, -0.2) is 0 Å². The largest absolute Gasteiger partial charge is 0.326 e. The van der Waals surface area contributed by atoms with E-state index in [0.29, 0.717) is 5.16 Å². The highest BCUT2D eigenvalue weighted by atomic mass is 32.2. The molecule has 33 heavy (non-hydrogen) atoms. The second-order valence-corrected chi connectivity index (χ2v) is 9.23. The summed E-state index contributed by atoms with van der Waals surface area (Å²) in [7, 11) is 1.88. The number of carbonyl (C=O) groups excluding carboxylic acids is 2. The molecular formula is C24H28N6O2S. The Labute approximate surface area is 197 Å². The van der Waals surface area contributed by atoms with E-state index in [2.05, 4.69) is 25.8 Å². The molecule has 1 aliphatic carbocycles. The maximum atomic E-state index is 12.5. The van der Waals surface area contributed by atoms with Gasteiger partial charge in [-0.15, -0.1) is 10.2 Å². The number of amides is 2. The number of hydrogen-bond donors (Lipinski definition) is 2. The number of carbonyl (C=O) groups is 2. The van der Waals surface area contributed by atoms with Crippen LogP contribution in [-0.2, 0) is 16.6 Å². The molecule has 0 spiro atoms. The number of nitrogens with zero attached hydrogens (tertiary/aromatic N) is 4. The Morgan fingerprint density at radius 1 is 1.06 bits per heavy atom. The van der Waals surface area contributed by atoms with E-state index in [9.17, 15) is 9.59 Å². The molecule has 0 radical (unpaired) electrons. The van der Waals surface area contributed by atoms with E-state index in [0.717, 1.165) is 54.0 Å². The number of rotatable bonds is 7. The highest BCUT2D eigenvalue weighted by Gasteiger charge is 2.21. The standard InChI is InChI=1S/C24H28N6O2S/c1-16-14-19(26-23(32)18-6-4-3-5-7-18)8-9-20(16)27-21(31)15-33-24-29-28-22(30(24)2)17-10-12-25-13-11-17/h8-14,18H,3-7,15H2,1-2H3,(H,26,32)(H,27,31). The summed E-state index contributed by atoms with van der Waals surface area (Å²) in [5.41, 5.74) is 3.31. The van der Waals surface area contributed by atoms with E-state index >= 15 is 0 Å². The van der Waals surface area contributed by atoms with Crippen molar-refractivity contribution in [1.82, 2.24) is 19.7 Å². The van der Waals surface area contributed by atoms with E-state index < -0.39 is 0 Å². The van der Waals surface area contributed by atoms with Crippen molar-refractivity contribution in [2.45, 2.75) is 44.2 Å². The van der Waals surface area contributed by atoms with Gasteiger partial charge in [0.1, 0.15) is 0 Å². The summed E-state index contributed by atoms with van der Waals surface area (Å²) >= 11 is 1.33. The fourth-order valence-electron chi connectivity index (χ4n) is 4.00. The minimum absolute atomic E-state index is 0.0945. The van der Waals surface area contributed by atoms with Crippen LogP contribution in [0.25, 0.3) is 11.4 Å². The van der Waals surface area contributed by atoms with Crippen LogP contribution in [0, 0.1) is 12.8 Å². The minimum atomic E-state index is -0.129. The molecule has 0 bridgehead atoms. The van der Waals surface area contributed by atoms with Gasteiger partial charge in [0.05, 0.1) is 5.75 Å². The van der Waals surface area contributed by atoms with E-state index in [4.69, 9.17) is 0 Å². The van der Waals surface area contributed by atoms with Crippen LogP contribution in [0.15, 0.2) is 47.9 Å². The molecule has 1 saturated carbocycles. The Kier molecular flexibility index (Phi) is 7.39. The third-order valence-corrected chi connectivity index (χ3v) is 6.87. The lowest BCUT2D eigenvalue weighted by Gasteiger charge is -2.21. The molecule has 0 aliphatic heterocycles. The van der Waals surface area contributed by atoms with E-state index in [1.807, 2.05) is 48.9 Å².